The van der Waals surface area contributed by atoms with Crippen LogP contribution in [0, 0.1) is 6.92 Å². The highest BCUT2D eigenvalue weighted by Crippen LogP contribution is 2.08. The van der Waals surface area contributed by atoms with Gasteiger partial charge in [0.05, 0.1) is 5.69 Å². The molecule has 2 heterocycles. The van der Waals surface area contributed by atoms with E-state index in [1.165, 1.54) is 24.9 Å². The van der Waals surface area contributed by atoms with Crippen LogP contribution in [0.15, 0.2) is 18.3 Å². The highest BCUT2D eigenvalue weighted by Gasteiger charge is 2.16. The molecule has 1 aliphatic heterocycles. The maximum absolute atomic E-state index is 4.41. The Morgan fingerprint density at radius 1 is 1.50 bits per heavy atom. The van der Waals surface area contributed by atoms with E-state index >= 15 is 0 Å². The second-order valence-electron chi connectivity index (χ2n) is 4.81. The van der Waals surface area contributed by atoms with Crippen LogP contribution in [0.3, 0.4) is 0 Å². The van der Waals surface area contributed by atoms with Crippen LogP contribution in [0.4, 0.5) is 0 Å². The van der Waals surface area contributed by atoms with Crippen molar-refractivity contribution in [1.82, 2.24) is 15.2 Å². The van der Waals surface area contributed by atoms with Crippen LogP contribution in [-0.2, 0) is 6.54 Å². The van der Waals surface area contributed by atoms with Crippen molar-refractivity contribution in [2.75, 3.05) is 20.1 Å². The SMILES string of the molecule is Cc1ccc(CNC2CCCN(C)C2)nc1. The molecule has 0 bridgehead atoms. The van der Waals surface area contributed by atoms with Gasteiger partial charge in [0.1, 0.15) is 0 Å². The molecule has 3 heteroatoms. The van der Waals surface area contributed by atoms with Crippen LogP contribution in [-0.4, -0.2) is 36.1 Å². The minimum absolute atomic E-state index is 0.627. The maximum Gasteiger partial charge on any atom is 0.0541 e. The normalized spacial score (nSPS) is 22.2. The van der Waals surface area contributed by atoms with Crippen molar-refractivity contribution in [1.29, 1.82) is 0 Å². The Hall–Kier alpha value is -0.930. The van der Waals surface area contributed by atoms with Crippen molar-refractivity contribution in [2.24, 2.45) is 0 Å². The number of hydrogen-bond acceptors (Lipinski definition) is 3. The summed E-state index contributed by atoms with van der Waals surface area (Å²) >= 11 is 0. The molecule has 0 aliphatic carbocycles. The number of nitrogens with zero attached hydrogens (tertiary/aromatic N) is 2. The minimum Gasteiger partial charge on any atom is -0.307 e. The third kappa shape index (κ3) is 3.29. The summed E-state index contributed by atoms with van der Waals surface area (Å²) in [5.74, 6) is 0. The van der Waals surface area contributed by atoms with Crippen LogP contribution in [0.5, 0.6) is 0 Å². The predicted octanol–water partition coefficient (Wildman–Crippen LogP) is 1.57. The number of aryl methyl sites for hydroxylation is 1. The van der Waals surface area contributed by atoms with Crippen molar-refractivity contribution >= 4 is 0 Å². The molecule has 1 saturated heterocycles. The quantitative estimate of drug-likeness (QED) is 0.836. The van der Waals surface area contributed by atoms with Crippen molar-refractivity contribution in [3.05, 3.63) is 29.6 Å². The average Bonchev–Trinajstić information content (AvgIpc) is 2.28. The van der Waals surface area contributed by atoms with Crippen LogP contribution >= 0.6 is 0 Å². The van der Waals surface area contributed by atoms with E-state index in [2.05, 4.69) is 41.3 Å². The number of piperidine rings is 1. The Morgan fingerprint density at radius 2 is 2.38 bits per heavy atom. The average molecular weight is 219 g/mol. The Kier molecular flexibility index (Phi) is 3.91. The van der Waals surface area contributed by atoms with Crippen LogP contribution in [0.1, 0.15) is 24.1 Å². The number of likely N-dealkylation sites (tertiary alicyclic amines) is 1. The Bertz CT molecular complexity index is 320. The molecule has 16 heavy (non-hydrogen) atoms. The molecule has 1 atom stereocenters. The second-order valence-corrected chi connectivity index (χ2v) is 4.81. The predicted molar refractivity (Wildman–Crippen MR) is 66.3 cm³/mol. The smallest absolute Gasteiger partial charge is 0.0541 e. The lowest BCUT2D eigenvalue weighted by Gasteiger charge is -2.30. The van der Waals surface area contributed by atoms with Gasteiger partial charge in [-0.1, -0.05) is 6.07 Å². The number of aromatic nitrogens is 1. The van der Waals surface area contributed by atoms with Gasteiger partial charge in [-0.3, -0.25) is 4.98 Å². The first-order valence-electron chi connectivity index (χ1n) is 6.07. The zero-order valence-electron chi connectivity index (χ0n) is 10.2. The molecular formula is C13H21N3. The molecule has 0 radical (unpaired) electrons. The molecule has 1 aliphatic rings. The monoisotopic (exact) mass is 219 g/mol. The first kappa shape index (κ1) is 11.6. The molecule has 0 saturated carbocycles. The van der Waals surface area contributed by atoms with E-state index in [0.717, 1.165) is 18.8 Å². The molecule has 2 rings (SSSR count). The van der Waals surface area contributed by atoms with Crippen LogP contribution in [0.25, 0.3) is 0 Å². The third-order valence-electron chi connectivity index (χ3n) is 3.17. The highest BCUT2D eigenvalue weighted by atomic mass is 15.1. The molecule has 1 unspecified atom stereocenters. The van der Waals surface area contributed by atoms with Gasteiger partial charge in [0.25, 0.3) is 0 Å². The highest BCUT2D eigenvalue weighted by molar-refractivity contribution is 5.12. The van der Waals surface area contributed by atoms with Gasteiger partial charge in [-0.15, -0.1) is 0 Å². The van der Waals surface area contributed by atoms with E-state index in [4.69, 9.17) is 0 Å². The lowest BCUT2D eigenvalue weighted by Crippen LogP contribution is -2.43. The van der Waals surface area contributed by atoms with Crippen LogP contribution < -0.4 is 5.32 Å². The van der Waals surface area contributed by atoms with Gasteiger partial charge >= 0.3 is 0 Å². The summed E-state index contributed by atoms with van der Waals surface area (Å²) in [6.45, 7) is 5.35. The topological polar surface area (TPSA) is 28.2 Å². The van der Waals surface area contributed by atoms with Gasteiger partial charge in [0, 0.05) is 25.3 Å². The summed E-state index contributed by atoms with van der Waals surface area (Å²) in [5.41, 5.74) is 2.36. The Balaban J connectivity index is 1.80. The van der Waals surface area contributed by atoms with E-state index in [9.17, 15) is 0 Å². The molecule has 1 N–H and O–H groups in total. The molecule has 88 valence electrons. The standard InChI is InChI=1S/C13H21N3/c1-11-5-6-12(14-8-11)9-15-13-4-3-7-16(2)10-13/h5-6,8,13,15H,3-4,7,9-10H2,1-2H3. The van der Waals surface area contributed by atoms with Crippen molar-refractivity contribution < 1.29 is 0 Å². The summed E-state index contributed by atoms with van der Waals surface area (Å²) in [4.78, 5) is 6.80. The lowest BCUT2D eigenvalue weighted by molar-refractivity contribution is 0.226. The third-order valence-corrected chi connectivity index (χ3v) is 3.17. The summed E-state index contributed by atoms with van der Waals surface area (Å²) in [5, 5.41) is 3.58. The minimum atomic E-state index is 0.627. The first-order valence-corrected chi connectivity index (χ1v) is 6.07. The van der Waals surface area contributed by atoms with Crippen molar-refractivity contribution in [2.45, 2.75) is 32.4 Å². The number of likely N-dealkylation sites (N-methyl/N-ethyl adjacent to an activating group) is 1. The van der Waals surface area contributed by atoms with Gasteiger partial charge in [0.15, 0.2) is 0 Å². The summed E-state index contributed by atoms with van der Waals surface area (Å²) in [6.07, 6.45) is 4.52. The number of hydrogen-bond donors (Lipinski definition) is 1. The molecule has 0 spiro atoms. The fourth-order valence-electron chi connectivity index (χ4n) is 2.18. The van der Waals surface area contributed by atoms with E-state index in [1.54, 1.807) is 0 Å². The lowest BCUT2D eigenvalue weighted by atomic mass is 10.1. The second kappa shape index (κ2) is 5.41. The molecule has 3 nitrogen and oxygen atoms in total. The van der Waals surface area contributed by atoms with E-state index in [1.807, 2.05) is 6.20 Å². The van der Waals surface area contributed by atoms with E-state index in [-0.39, 0.29) is 0 Å². The van der Waals surface area contributed by atoms with Gasteiger partial charge in [-0.05, 0) is 45.0 Å². The largest absolute Gasteiger partial charge is 0.307 e. The van der Waals surface area contributed by atoms with Crippen molar-refractivity contribution in [3.63, 3.8) is 0 Å². The molecule has 0 aromatic carbocycles. The Labute approximate surface area is 97.9 Å². The Morgan fingerprint density at radius 3 is 3.06 bits per heavy atom. The fourth-order valence-corrected chi connectivity index (χ4v) is 2.18. The zero-order valence-corrected chi connectivity index (χ0v) is 10.2. The van der Waals surface area contributed by atoms with Crippen LogP contribution in [0.2, 0.25) is 0 Å². The summed E-state index contributed by atoms with van der Waals surface area (Å²) < 4.78 is 0. The summed E-state index contributed by atoms with van der Waals surface area (Å²) in [7, 11) is 2.19. The fraction of sp³-hybridized carbons (Fsp3) is 0.615. The molecule has 0 amide bonds. The summed E-state index contributed by atoms with van der Waals surface area (Å²) in [6, 6.07) is 4.85. The molecule has 1 aromatic heterocycles. The van der Waals surface area contributed by atoms with Gasteiger partial charge in [-0.2, -0.15) is 0 Å². The van der Waals surface area contributed by atoms with E-state index < -0.39 is 0 Å². The van der Waals surface area contributed by atoms with Gasteiger partial charge in [0.2, 0.25) is 0 Å². The van der Waals surface area contributed by atoms with Gasteiger partial charge < -0.3 is 10.2 Å². The number of rotatable bonds is 3. The zero-order chi connectivity index (χ0) is 11.4. The number of nitrogens with one attached hydrogen (secondary N) is 1. The number of pyridine rings is 1. The van der Waals surface area contributed by atoms with Gasteiger partial charge in [-0.25, -0.2) is 0 Å². The first-order chi connectivity index (χ1) is 7.74. The maximum atomic E-state index is 4.41. The van der Waals surface area contributed by atoms with Crippen molar-refractivity contribution in [3.8, 4) is 0 Å². The molecule has 1 aromatic rings. The molecular weight excluding hydrogens is 198 g/mol. The molecule has 1 fully saturated rings. The van der Waals surface area contributed by atoms with E-state index in [0.29, 0.717) is 6.04 Å².